The van der Waals surface area contributed by atoms with Crippen LogP contribution in [0.1, 0.15) is 95.0 Å². The number of ether oxygens (including phenoxy) is 3. The normalized spacial score (nSPS) is 28.6. The van der Waals surface area contributed by atoms with Crippen molar-refractivity contribution in [2.45, 2.75) is 109 Å². The van der Waals surface area contributed by atoms with Gasteiger partial charge in [0.1, 0.15) is 29.4 Å². The number of hydrogen-bond donors (Lipinski definition) is 2. The summed E-state index contributed by atoms with van der Waals surface area (Å²) in [4.78, 5) is 16.0. The van der Waals surface area contributed by atoms with Crippen molar-refractivity contribution in [3.63, 3.8) is 0 Å². The summed E-state index contributed by atoms with van der Waals surface area (Å²) in [5.74, 6) is 1.84. The number of methoxy groups -OCH3 is 1. The first kappa shape index (κ1) is 31.7. The van der Waals surface area contributed by atoms with Gasteiger partial charge in [-0.3, -0.25) is 4.79 Å². The second-order valence-corrected chi connectivity index (χ2v) is 15.2. The van der Waals surface area contributed by atoms with Gasteiger partial charge in [-0.05, 0) is 106 Å². The lowest BCUT2D eigenvalue weighted by atomic mass is 9.49. The Kier molecular flexibility index (Phi) is 8.56. The number of piperidine rings is 1. The smallest absolute Gasteiger partial charge is 0.251 e. The van der Waals surface area contributed by atoms with Gasteiger partial charge in [0.25, 0.3) is 5.91 Å². The minimum absolute atomic E-state index is 0.0898. The highest BCUT2D eigenvalue weighted by Gasteiger charge is 2.64. The largest absolute Gasteiger partial charge is 0.495 e. The van der Waals surface area contributed by atoms with Crippen LogP contribution >= 0.6 is 0 Å². The van der Waals surface area contributed by atoms with E-state index in [-0.39, 0.29) is 41.1 Å². The van der Waals surface area contributed by atoms with Crippen LogP contribution < -0.4 is 19.5 Å². The Morgan fingerprint density at radius 1 is 0.933 bits per heavy atom. The first-order valence-corrected chi connectivity index (χ1v) is 16.7. The maximum atomic E-state index is 13.3. The van der Waals surface area contributed by atoms with Crippen LogP contribution in [0.5, 0.6) is 17.2 Å². The van der Waals surface area contributed by atoms with Gasteiger partial charge in [0.15, 0.2) is 0 Å². The molecule has 4 aliphatic rings. The summed E-state index contributed by atoms with van der Waals surface area (Å²) in [6.07, 6.45) is 8.87. The maximum Gasteiger partial charge on any atom is 0.251 e. The minimum Gasteiger partial charge on any atom is -0.495 e. The number of hydrogen-bond acceptors (Lipinski definition) is 7. The Bertz CT molecular complexity index is 1390. The summed E-state index contributed by atoms with van der Waals surface area (Å²) in [6, 6.07) is 15.5. The summed E-state index contributed by atoms with van der Waals surface area (Å²) >= 11 is 0. The summed E-state index contributed by atoms with van der Waals surface area (Å²) in [7, 11) is 1.54. The van der Waals surface area contributed by atoms with Crippen molar-refractivity contribution in [1.82, 2.24) is 10.2 Å². The zero-order valence-corrected chi connectivity index (χ0v) is 27.5. The van der Waals surface area contributed by atoms with Crippen molar-refractivity contribution in [1.29, 1.82) is 5.26 Å². The van der Waals surface area contributed by atoms with Crippen LogP contribution in [0, 0.1) is 27.6 Å². The van der Waals surface area contributed by atoms with Crippen LogP contribution in [0.15, 0.2) is 42.5 Å². The highest BCUT2D eigenvalue weighted by atomic mass is 16.5. The van der Waals surface area contributed by atoms with Gasteiger partial charge in [-0.1, -0.05) is 27.7 Å². The number of nitriles is 1. The van der Waals surface area contributed by atoms with E-state index >= 15 is 0 Å². The molecule has 4 fully saturated rings. The average molecular weight is 616 g/mol. The standard InChI is InChI=1S/C37H49N3O5/c1-35(2)33(36(3,4)34(35)45-29-15-8-25(23-38)31(20-29)43-5)39-32(42)24-6-13-28(14-7-24)44-30-21-37(22-30)16-18-40(19-17-37)26-9-11-27(41)12-10-26/h6-8,13-15,20,26-27,30,33-34,41H,9-12,16-19,21-22H2,1-5H3,(H,39,42). The lowest BCUT2D eigenvalue weighted by Gasteiger charge is -2.63. The average Bonchev–Trinajstić information content (AvgIpc) is 3.02. The van der Waals surface area contributed by atoms with Crippen molar-refractivity contribution >= 4 is 5.91 Å². The number of aliphatic hydroxyl groups excluding tert-OH is 1. The first-order chi connectivity index (χ1) is 21.4. The van der Waals surface area contributed by atoms with Crippen LogP contribution in [-0.2, 0) is 0 Å². The fourth-order valence-electron chi connectivity index (χ4n) is 9.05. The van der Waals surface area contributed by atoms with Gasteiger partial charge in [0, 0.05) is 34.5 Å². The van der Waals surface area contributed by atoms with E-state index in [2.05, 4.69) is 44.0 Å². The number of carbonyl (C=O) groups is 1. The molecule has 1 saturated heterocycles. The SMILES string of the molecule is COc1cc(OC2C(C)(C)C(NC(=O)c3ccc(OC4CC5(CCN(C6CCC(O)CC6)CC5)C4)cc3)C2(C)C)ccc1C#N. The van der Waals surface area contributed by atoms with Crippen molar-refractivity contribution in [3.05, 3.63) is 53.6 Å². The zero-order valence-electron chi connectivity index (χ0n) is 27.5. The van der Waals surface area contributed by atoms with E-state index in [4.69, 9.17) is 14.2 Å². The third-order valence-corrected chi connectivity index (χ3v) is 11.4. The molecule has 8 heteroatoms. The number of benzene rings is 2. The predicted octanol–water partition coefficient (Wildman–Crippen LogP) is 6.11. The monoisotopic (exact) mass is 615 g/mol. The maximum absolute atomic E-state index is 13.3. The molecule has 0 radical (unpaired) electrons. The van der Waals surface area contributed by atoms with E-state index in [1.807, 2.05) is 24.3 Å². The molecule has 2 aromatic carbocycles. The number of amides is 1. The Balaban J connectivity index is 0.982. The van der Waals surface area contributed by atoms with Crippen LogP contribution in [0.25, 0.3) is 0 Å². The number of nitrogens with zero attached hydrogens (tertiary/aromatic N) is 2. The molecule has 2 aromatic rings. The molecule has 0 unspecified atom stereocenters. The van der Waals surface area contributed by atoms with Gasteiger partial charge in [-0.2, -0.15) is 5.26 Å². The fourth-order valence-corrected chi connectivity index (χ4v) is 9.05. The molecule has 45 heavy (non-hydrogen) atoms. The lowest BCUT2D eigenvalue weighted by Crippen LogP contribution is -2.74. The van der Waals surface area contributed by atoms with Gasteiger partial charge in [0.2, 0.25) is 0 Å². The highest BCUT2D eigenvalue weighted by Crippen LogP contribution is 2.56. The Morgan fingerprint density at radius 3 is 2.16 bits per heavy atom. The Morgan fingerprint density at radius 2 is 1.56 bits per heavy atom. The van der Waals surface area contributed by atoms with Crippen molar-refractivity contribution in [2.75, 3.05) is 20.2 Å². The molecule has 1 aliphatic heterocycles. The van der Waals surface area contributed by atoms with Crippen LogP contribution in [0.3, 0.4) is 0 Å². The third kappa shape index (κ3) is 6.14. The van der Waals surface area contributed by atoms with Crippen LogP contribution in [0.4, 0.5) is 0 Å². The zero-order chi connectivity index (χ0) is 32.0. The molecule has 8 nitrogen and oxygen atoms in total. The second-order valence-electron chi connectivity index (χ2n) is 15.2. The summed E-state index contributed by atoms with van der Waals surface area (Å²) in [5, 5.41) is 22.4. The Labute approximate surface area is 268 Å². The summed E-state index contributed by atoms with van der Waals surface area (Å²) in [6.45, 7) is 10.8. The van der Waals surface area contributed by atoms with E-state index in [9.17, 15) is 15.2 Å². The van der Waals surface area contributed by atoms with Gasteiger partial charge < -0.3 is 29.5 Å². The number of nitrogens with one attached hydrogen (secondary N) is 1. The topological polar surface area (TPSA) is 104 Å². The van der Waals surface area contributed by atoms with Crippen molar-refractivity contribution in [3.8, 4) is 23.3 Å². The molecule has 6 rings (SSSR count). The molecule has 2 N–H and O–H groups in total. The van der Waals surface area contributed by atoms with Crippen LogP contribution in [-0.4, -0.2) is 66.5 Å². The lowest BCUT2D eigenvalue weighted by molar-refractivity contribution is -0.164. The third-order valence-electron chi connectivity index (χ3n) is 11.4. The fraction of sp³-hybridized carbons (Fsp3) is 0.622. The first-order valence-electron chi connectivity index (χ1n) is 16.7. The molecule has 1 heterocycles. The molecule has 1 amide bonds. The second kappa shape index (κ2) is 12.1. The van der Waals surface area contributed by atoms with Gasteiger partial charge in [0.05, 0.1) is 24.9 Å². The summed E-state index contributed by atoms with van der Waals surface area (Å²) < 4.78 is 18.1. The number of carbonyl (C=O) groups excluding carboxylic acids is 1. The van der Waals surface area contributed by atoms with E-state index < -0.39 is 0 Å². The van der Waals surface area contributed by atoms with E-state index in [1.54, 1.807) is 25.3 Å². The van der Waals surface area contributed by atoms with Crippen molar-refractivity contribution < 1.29 is 24.1 Å². The molecule has 1 spiro atoms. The number of rotatable bonds is 8. The van der Waals surface area contributed by atoms with Gasteiger partial charge in [-0.15, -0.1) is 0 Å². The van der Waals surface area contributed by atoms with Crippen LogP contribution in [0.2, 0.25) is 0 Å². The van der Waals surface area contributed by atoms with E-state index in [1.165, 1.54) is 25.9 Å². The quantitative estimate of drug-likeness (QED) is 0.370. The Hall–Kier alpha value is -3.28. The predicted molar refractivity (Wildman–Crippen MR) is 173 cm³/mol. The molecule has 0 bridgehead atoms. The molecule has 3 saturated carbocycles. The molecule has 0 atom stereocenters. The number of likely N-dealkylation sites (tertiary alicyclic amines) is 1. The van der Waals surface area contributed by atoms with Gasteiger partial charge in [-0.25, -0.2) is 0 Å². The molecule has 3 aliphatic carbocycles. The molecular formula is C37H49N3O5. The van der Waals surface area contributed by atoms with E-state index in [0.717, 1.165) is 44.3 Å². The molecule has 0 aromatic heterocycles. The van der Waals surface area contributed by atoms with Gasteiger partial charge >= 0.3 is 0 Å². The number of aliphatic hydroxyl groups is 1. The van der Waals surface area contributed by atoms with E-state index in [0.29, 0.717) is 34.1 Å². The summed E-state index contributed by atoms with van der Waals surface area (Å²) in [5.41, 5.74) is 0.856. The minimum atomic E-state index is -0.321. The molecule has 242 valence electrons. The highest BCUT2D eigenvalue weighted by molar-refractivity contribution is 5.94. The van der Waals surface area contributed by atoms with Crippen molar-refractivity contribution in [2.24, 2.45) is 16.2 Å². The molecular weight excluding hydrogens is 566 g/mol.